The zero-order valence-corrected chi connectivity index (χ0v) is 8.99. The first-order chi connectivity index (χ1) is 7.11. The van der Waals surface area contributed by atoms with Crippen LogP contribution in [0.25, 0.3) is 0 Å². The van der Waals surface area contributed by atoms with Crippen LogP contribution in [-0.2, 0) is 0 Å². The molecule has 0 saturated carbocycles. The van der Waals surface area contributed by atoms with E-state index in [1.165, 1.54) is 6.20 Å². The van der Waals surface area contributed by atoms with Crippen molar-refractivity contribution < 1.29 is 4.92 Å². The van der Waals surface area contributed by atoms with E-state index in [1.807, 2.05) is 0 Å². The van der Waals surface area contributed by atoms with Gasteiger partial charge < -0.3 is 15.4 Å². The molecular formula is C9H16N4O2. The zero-order valence-electron chi connectivity index (χ0n) is 8.99. The quantitative estimate of drug-likeness (QED) is 0.430. The van der Waals surface area contributed by atoms with Crippen LogP contribution in [0.4, 0.5) is 11.5 Å². The highest BCUT2D eigenvalue weighted by Crippen LogP contribution is 2.19. The van der Waals surface area contributed by atoms with Crippen molar-refractivity contribution in [3.05, 3.63) is 16.3 Å². The normalized spacial score (nSPS) is 10.6. The van der Waals surface area contributed by atoms with Crippen molar-refractivity contribution in [1.82, 2.24) is 10.2 Å². The first-order valence-corrected chi connectivity index (χ1v) is 5.03. The smallest absolute Gasteiger partial charge is 0.366 e. The molecule has 6 nitrogen and oxygen atoms in total. The third kappa shape index (κ3) is 3.57. The topological polar surface area (TPSA) is 83.8 Å². The van der Waals surface area contributed by atoms with E-state index < -0.39 is 4.92 Å². The van der Waals surface area contributed by atoms with Crippen LogP contribution in [0.2, 0.25) is 0 Å². The van der Waals surface area contributed by atoms with Crippen molar-refractivity contribution in [2.24, 2.45) is 5.92 Å². The molecule has 0 saturated heterocycles. The predicted molar refractivity (Wildman–Crippen MR) is 57.8 cm³/mol. The first-order valence-electron chi connectivity index (χ1n) is 5.03. The van der Waals surface area contributed by atoms with Crippen molar-refractivity contribution in [3.8, 4) is 0 Å². The van der Waals surface area contributed by atoms with Crippen LogP contribution in [0.1, 0.15) is 26.7 Å². The molecular weight excluding hydrogens is 196 g/mol. The van der Waals surface area contributed by atoms with Crippen LogP contribution in [0.15, 0.2) is 6.20 Å². The second-order valence-electron chi connectivity index (χ2n) is 3.85. The summed E-state index contributed by atoms with van der Waals surface area (Å²) in [4.78, 5) is 10.0. The maximum atomic E-state index is 10.5. The Morgan fingerprint density at radius 1 is 1.67 bits per heavy atom. The molecule has 0 unspecified atom stereocenters. The summed E-state index contributed by atoms with van der Waals surface area (Å²) in [6.45, 7) is 5.04. The highest BCUT2D eigenvalue weighted by atomic mass is 16.6. The number of rotatable bonds is 6. The molecule has 0 radical (unpaired) electrons. The van der Waals surface area contributed by atoms with E-state index >= 15 is 0 Å². The number of aromatic nitrogens is 2. The molecule has 0 fully saturated rings. The summed E-state index contributed by atoms with van der Waals surface area (Å²) in [5, 5.41) is 19.5. The van der Waals surface area contributed by atoms with Gasteiger partial charge in [-0.3, -0.25) is 0 Å². The number of hydrogen-bond donors (Lipinski definition) is 2. The number of aromatic amines is 1. The van der Waals surface area contributed by atoms with Gasteiger partial charge in [0.1, 0.15) is 6.20 Å². The van der Waals surface area contributed by atoms with E-state index in [-0.39, 0.29) is 5.82 Å². The van der Waals surface area contributed by atoms with Crippen LogP contribution < -0.4 is 5.32 Å². The Bertz CT molecular complexity index is 322. The molecule has 1 aromatic heterocycles. The fourth-order valence-corrected chi connectivity index (χ4v) is 1.28. The van der Waals surface area contributed by atoms with Crippen LogP contribution in [0.3, 0.4) is 0 Å². The van der Waals surface area contributed by atoms with Crippen LogP contribution in [0.5, 0.6) is 0 Å². The van der Waals surface area contributed by atoms with Crippen LogP contribution in [-0.4, -0.2) is 21.7 Å². The van der Waals surface area contributed by atoms with Gasteiger partial charge in [0, 0.05) is 6.54 Å². The third-order valence-electron chi connectivity index (χ3n) is 2.08. The molecule has 1 rings (SSSR count). The lowest BCUT2D eigenvalue weighted by Gasteiger charge is -2.05. The molecule has 0 amide bonds. The standard InChI is InChI=1S/C9H16N4O2/c1-7(2)4-3-5-10-8-6-11-12-9(8)13(14)15/h6-7,10H,3-5H2,1-2H3,(H,11,12). The molecule has 0 aliphatic heterocycles. The minimum atomic E-state index is -0.474. The molecule has 1 heterocycles. The average Bonchev–Trinajstić information content (AvgIpc) is 2.60. The molecule has 6 heteroatoms. The summed E-state index contributed by atoms with van der Waals surface area (Å²) >= 11 is 0. The Morgan fingerprint density at radius 2 is 2.40 bits per heavy atom. The van der Waals surface area contributed by atoms with Gasteiger partial charge in [-0.1, -0.05) is 18.9 Å². The number of nitro groups is 1. The average molecular weight is 212 g/mol. The number of H-pyrrole nitrogens is 1. The molecule has 0 atom stereocenters. The summed E-state index contributed by atoms with van der Waals surface area (Å²) in [6.07, 6.45) is 3.55. The van der Waals surface area contributed by atoms with Crippen molar-refractivity contribution in [2.45, 2.75) is 26.7 Å². The van der Waals surface area contributed by atoms with Gasteiger partial charge >= 0.3 is 5.82 Å². The molecule has 84 valence electrons. The summed E-state index contributed by atoms with van der Waals surface area (Å²) < 4.78 is 0. The number of anilines is 1. The summed E-state index contributed by atoms with van der Waals surface area (Å²) in [7, 11) is 0. The third-order valence-corrected chi connectivity index (χ3v) is 2.08. The van der Waals surface area contributed by atoms with Crippen LogP contribution >= 0.6 is 0 Å². The van der Waals surface area contributed by atoms with Gasteiger partial charge in [-0.2, -0.15) is 0 Å². The van der Waals surface area contributed by atoms with Crippen molar-refractivity contribution in [3.63, 3.8) is 0 Å². The molecule has 1 aromatic rings. The van der Waals surface area contributed by atoms with Crippen molar-refractivity contribution in [2.75, 3.05) is 11.9 Å². The van der Waals surface area contributed by atoms with Crippen molar-refractivity contribution >= 4 is 11.5 Å². The van der Waals surface area contributed by atoms with E-state index in [0.717, 1.165) is 19.4 Å². The van der Waals surface area contributed by atoms with E-state index in [4.69, 9.17) is 0 Å². The molecule has 15 heavy (non-hydrogen) atoms. The fourth-order valence-electron chi connectivity index (χ4n) is 1.28. The monoisotopic (exact) mass is 212 g/mol. The summed E-state index contributed by atoms with van der Waals surface area (Å²) in [6, 6.07) is 0. The molecule has 0 spiro atoms. The number of hydrogen-bond acceptors (Lipinski definition) is 4. The van der Waals surface area contributed by atoms with Gasteiger partial charge in [0.25, 0.3) is 0 Å². The molecule has 2 N–H and O–H groups in total. The Labute approximate surface area is 88.2 Å². The molecule has 0 aliphatic rings. The van der Waals surface area contributed by atoms with Gasteiger partial charge in [-0.05, 0) is 23.7 Å². The Kier molecular flexibility index (Phi) is 4.08. The lowest BCUT2D eigenvalue weighted by molar-refractivity contribution is -0.388. The summed E-state index contributed by atoms with van der Waals surface area (Å²) in [5.41, 5.74) is 0.462. The lowest BCUT2D eigenvalue weighted by Crippen LogP contribution is -2.04. The van der Waals surface area contributed by atoms with Gasteiger partial charge in [0.15, 0.2) is 5.69 Å². The summed E-state index contributed by atoms with van der Waals surface area (Å²) in [5.74, 6) is 0.589. The second-order valence-corrected chi connectivity index (χ2v) is 3.85. The SMILES string of the molecule is CC(C)CCCNc1cn[nH]c1[N+](=O)[O-]. The molecule has 0 aliphatic carbocycles. The molecule has 0 bridgehead atoms. The Hall–Kier alpha value is -1.59. The number of nitrogens with zero attached hydrogens (tertiary/aromatic N) is 2. The minimum absolute atomic E-state index is 0.0699. The van der Waals surface area contributed by atoms with Gasteiger partial charge in [-0.15, -0.1) is 5.10 Å². The van der Waals surface area contributed by atoms with Gasteiger partial charge in [0.05, 0.1) is 0 Å². The highest BCUT2D eigenvalue weighted by Gasteiger charge is 2.13. The maximum absolute atomic E-state index is 10.5. The van der Waals surface area contributed by atoms with E-state index in [0.29, 0.717) is 11.6 Å². The maximum Gasteiger partial charge on any atom is 0.366 e. The minimum Gasteiger partial charge on any atom is -0.377 e. The van der Waals surface area contributed by atoms with E-state index in [2.05, 4.69) is 29.4 Å². The highest BCUT2D eigenvalue weighted by molar-refractivity contribution is 5.55. The van der Waals surface area contributed by atoms with Crippen molar-refractivity contribution in [1.29, 1.82) is 0 Å². The largest absolute Gasteiger partial charge is 0.377 e. The van der Waals surface area contributed by atoms with E-state index in [9.17, 15) is 10.1 Å². The Balaban J connectivity index is 2.37. The first kappa shape index (κ1) is 11.5. The zero-order chi connectivity index (χ0) is 11.3. The van der Waals surface area contributed by atoms with Gasteiger partial charge in [0.2, 0.25) is 0 Å². The fraction of sp³-hybridized carbons (Fsp3) is 0.667. The van der Waals surface area contributed by atoms with E-state index in [1.54, 1.807) is 0 Å². The molecule has 0 aromatic carbocycles. The number of nitrogens with one attached hydrogen (secondary N) is 2. The van der Waals surface area contributed by atoms with Gasteiger partial charge in [-0.25, -0.2) is 0 Å². The predicted octanol–water partition coefficient (Wildman–Crippen LogP) is 2.17. The second kappa shape index (κ2) is 5.33. The lowest BCUT2D eigenvalue weighted by atomic mass is 10.1. The Morgan fingerprint density at radius 3 is 3.00 bits per heavy atom. The van der Waals surface area contributed by atoms with Crippen LogP contribution in [0, 0.1) is 16.0 Å².